The number of hydrogen-bond donors (Lipinski definition) is 0. The number of aryl methyl sites for hydroxylation is 1. The van der Waals surface area contributed by atoms with Crippen LogP contribution in [-0.2, 0) is 11.3 Å². The maximum absolute atomic E-state index is 14.1. The number of hydrogen-bond acceptors (Lipinski definition) is 5. The van der Waals surface area contributed by atoms with Gasteiger partial charge in [0.05, 0.1) is 16.8 Å². The number of amides is 1. The number of benzene rings is 2. The zero-order valence-corrected chi connectivity index (χ0v) is 18.7. The van der Waals surface area contributed by atoms with Gasteiger partial charge in [0.1, 0.15) is 17.2 Å². The van der Waals surface area contributed by atoms with Crippen molar-refractivity contribution in [2.45, 2.75) is 17.9 Å². The smallest absolute Gasteiger partial charge is 0.239 e. The molecular formula is C21H19ClF2N4OS2. The van der Waals surface area contributed by atoms with E-state index in [9.17, 15) is 13.6 Å². The molecule has 0 aliphatic carbocycles. The Balaban J connectivity index is 0.00000272. The summed E-state index contributed by atoms with van der Waals surface area (Å²) in [5.41, 5.74) is 0.274. The third kappa shape index (κ3) is 5.81. The molecule has 4 aromatic rings. The van der Waals surface area contributed by atoms with E-state index in [1.165, 1.54) is 41.3 Å². The van der Waals surface area contributed by atoms with Crippen LogP contribution in [0.1, 0.15) is 6.42 Å². The molecule has 10 heteroatoms. The maximum atomic E-state index is 14.1. The van der Waals surface area contributed by atoms with E-state index in [0.717, 1.165) is 4.90 Å². The van der Waals surface area contributed by atoms with E-state index in [2.05, 4.69) is 9.97 Å². The Morgan fingerprint density at radius 1 is 1.16 bits per heavy atom. The number of halogens is 3. The van der Waals surface area contributed by atoms with Crippen LogP contribution in [0.15, 0.2) is 66.1 Å². The van der Waals surface area contributed by atoms with Crippen LogP contribution in [0.25, 0.3) is 10.2 Å². The van der Waals surface area contributed by atoms with Gasteiger partial charge in [-0.05, 0) is 42.8 Å². The molecule has 0 fully saturated rings. The van der Waals surface area contributed by atoms with Crippen LogP contribution in [0.5, 0.6) is 0 Å². The fourth-order valence-electron chi connectivity index (χ4n) is 2.93. The van der Waals surface area contributed by atoms with Crippen molar-refractivity contribution in [2.75, 3.05) is 17.2 Å². The first-order chi connectivity index (χ1) is 14.6. The minimum absolute atomic E-state index is 0. The standard InChI is InChI=1S/C21H18F2N4OS2.ClH/c22-15-5-7-16(8-6-15)29-13-19(28)27(11-2-10-26-12-9-24-14-26)21-25-20-17(23)3-1-4-18(20)30-21;/h1,3-9,12,14H,2,10-11,13H2;1H. The number of thioether (sulfide) groups is 1. The number of thiazole rings is 1. The molecule has 0 saturated carbocycles. The second-order valence-electron chi connectivity index (χ2n) is 6.53. The normalized spacial score (nSPS) is 10.8. The summed E-state index contributed by atoms with van der Waals surface area (Å²) in [7, 11) is 0. The number of nitrogens with zero attached hydrogens (tertiary/aromatic N) is 4. The van der Waals surface area contributed by atoms with Crippen LogP contribution in [0.3, 0.4) is 0 Å². The first kappa shape index (κ1) is 23.2. The molecule has 4 rings (SSSR count). The van der Waals surface area contributed by atoms with Gasteiger partial charge in [0, 0.05) is 30.4 Å². The first-order valence-electron chi connectivity index (χ1n) is 9.30. The predicted octanol–water partition coefficient (Wildman–Crippen LogP) is 5.41. The summed E-state index contributed by atoms with van der Waals surface area (Å²) in [6.45, 7) is 1.15. The van der Waals surface area contributed by atoms with Crippen molar-refractivity contribution in [1.29, 1.82) is 0 Å². The van der Waals surface area contributed by atoms with Gasteiger partial charge >= 0.3 is 0 Å². The second-order valence-corrected chi connectivity index (χ2v) is 8.58. The molecule has 0 unspecified atom stereocenters. The summed E-state index contributed by atoms with van der Waals surface area (Å²) in [4.78, 5) is 23.8. The zero-order valence-electron chi connectivity index (χ0n) is 16.3. The van der Waals surface area contributed by atoms with Crippen molar-refractivity contribution in [2.24, 2.45) is 0 Å². The second kappa shape index (κ2) is 10.7. The molecule has 0 N–H and O–H groups in total. The van der Waals surface area contributed by atoms with E-state index in [0.29, 0.717) is 29.3 Å². The van der Waals surface area contributed by atoms with E-state index in [1.807, 2.05) is 10.8 Å². The highest BCUT2D eigenvalue weighted by molar-refractivity contribution is 8.00. The monoisotopic (exact) mass is 480 g/mol. The van der Waals surface area contributed by atoms with Crippen molar-refractivity contribution in [3.8, 4) is 0 Å². The van der Waals surface area contributed by atoms with Gasteiger partial charge in [-0.3, -0.25) is 9.69 Å². The predicted molar refractivity (Wildman–Crippen MR) is 123 cm³/mol. The van der Waals surface area contributed by atoms with Gasteiger partial charge in [-0.1, -0.05) is 17.4 Å². The molecule has 0 saturated heterocycles. The topological polar surface area (TPSA) is 51.0 Å². The molecule has 162 valence electrons. The van der Waals surface area contributed by atoms with Crippen LogP contribution >= 0.6 is 35.5 Å². The fraction of sp³-hybridized carbons (Fsp3) is 0.190. The van der Waals surface area contributed by atoms with Gasteiger partial charge < -0.3 is 4.57 Å². The molecular weight excluding hydrogens is 462 g/mol. The highest BCUT2D eigenvalue weighted by Crippen LogP contribution is 2.31. The van der Waals surface area contributed by atoms with Gasteiger partial charge in [-0.15, -0.1) is 24.2 Å². The summed E-state index contributed by atoms with van der Waals surface area (Å²) in [6.07, 6.45) is 5.99. The maximum Gasteiger partial charge on any atom is 0.239 e. The van der Waals surface area contributed by atoms with Gasteiger partial charge in [-0.25, -0.2) is 18.7 Å². The molecule has 0 aliphatic rings. The molecule has 0 spiro atoms. The minimum atomic E-state index is -0.401. The molecule has 0 radical (unpaired) electrons. The molecule has 31 heavy (non-hydrogen) atoms. The molecule has 2 heterocycles. The molecule has 5 nitrogen and oxygen atoms in total. The van der Waals surface area contributed by atoms with Crippen LogP contribution in [0, 0.1) is 11.6 Å². The van der Waals surface area contributed by atoms with Crippen LogP contribution < -0.4 is 4.90 Å². The molecule has 0 atom stereocenters. The van der Waals surface area contributed by atoms with E-state index < -0.39 is 5.82 Å². The Labute approximate surface area is 192 Å². The van der Waals surface area contributed by atoms with Gasteiger partial charge in [0.25, 0.3) is 0 Å². The molecule has 0 bridgehead atoms. The molecule has 2 aromatic carbocycles. The molecule has 1 amide bonds. The van der Waals surface area contributed by atoms with Crippen LogP contribution in [0.4, 0.5) is 13.9 Å². The molecule has 2 aromatic heterocycles. The van der Waals surface area contributed by atoms with Crippen molar-refractivity contribution in [1.82, 2.24) is 14.5 Å². The van der Waals surface area contributed by atoms with Crippen molar-refractivity contribution < 1.29 is 13.6 Å². The third-order valence-corrected chi connectivity index (χ3v) is 6.46. The summed E-state index contributed by atoms with van der Waals surface area (Å²) in [5, 5.41) is 0.477. The number of rotatable bonds is 8. The minimum Gasteiger partial charge on any atom is -0.337 e. The number of aromatic nitrogens is 3. The van der Waals surface area contributed by atoms with Crippen molar-refractivity contribution >= 4 is 56.8 Å². The van der Waals surface area contributed by atoms with Gasteiger partial charge in [0.15, 0.2) is 5.13 Å². The average Bonchev–Trinajstić information content (AvgIpc) is 3.41. The Hall–Kier alpha value is -2.49. The van der Waals surface area contributed by atoms with E-state index in [-0.39, 0.29) is 35.4 Å². The Kier molecular flexibility index (Phi) is 8.00. The highest BCUT2D eigenvalue weighted by atomic mass is 35.5. The number of fused-ring (bicyclic) bond motifs is 1. The summed E-state index contributed by atoms with van der Waals surface area (Å²) in [6, 6.07) is 10.8. The largest absolute Gasteiger partial charge is 0.337 e. The van der Waals surface area contributed by atoms with E-state index >= 15 is 0 Å². The fourth-order valence-corrected chi connectivity index (χ4v) is 4.73. The lowest BCUT2D eigenvalue weighted by molar-refractivity contribution is -0.116. The number of para-hydroxylation sites is 1. The Morgan fingerprint density at radius 2 is 1.97 bits per heavy atom. The number of imidazole rings is 1. The lowest BCUT2D eigenvalue weighted by atomic mass is 10.3. The first-order valence-corrected chi connectivity index (χ1v) is 11.1. The van der Waals surface area contributed by atoms with Crippen molar-refractivity contribution in [3.63, 3.8) is 0 Å². The lowest BCUT2D eigenvalue weighted by Gasteiger charge is -2.20. The van der Waals surface area contributed by atoms with E-state index in [1.54, 1.807) is 41.7 Å². The number of anilines is 1. The number of carbonyl (C=O) groups is 1. The third-order valence-electron chi connectivity index (χ3n) is 4.42. The average molecular weight is 481 g/mol. The zero-order chi connectivity index (χ0) is 20.9. The Morgan fingerprint density at radius 3 is 2.68 bits per heavy atom. The Bertz CT molecular complexity index is 1140. The van der Waals surface area contributed by atoms with Crippen LogP contribution in [0.2, 0.25) is 0 Å². The quantitative estimate of drug-likeness (QED) is 0.316. The summed E-state index contributed by atoms with van der Waals surface area (Å²) in [5.74, 6) is -0.672. The van der Waals surface area contributed by atoms with Gasteiger partial charge in [0.2, 0.25) is 5.91 Å². The van der Waals surface area contributed by atoms with E-state index in [4.69, 9.17) is 0 Å². The number of carbonyl (C=O) groups excluding carboxylic acids is 1. The van der Waals surface area contributed by atoms with Crippen molar-refractivity contribution in [3.05, 3.63) is 72.8 Å². The summed E-state index contributed by atoms with van der Waals surface area (Å²) >= 11 is 2.63. The van der Waals surface area contributed by atoms with Crippen LogP contribution in [-0.4, -0.2) is 32.7 Å². The SMILES string of the molecule is Cl.O=C(CSc1ccc(F)cc1)N(CCCn1ccnc1)c1nc2c(F)cccc2s1. The highest BCUT2D eigenvalue weighted by Gasteiger charge is 2.20. The summed E-state index contributed by atoms with van der Waals surface area (Å²) < 4.78 is 29.8. The van der Waals surface area contributed by atoms with Gasteiger partial charge in [-0.2, -0.15) is 0 Å². The lowest BCUT2D eigenvalue weighted by Crippen LogP contribution is -2.33. The molecule has 0 aliphatic heterocycles.